The Morgan fingerprint density at radius 1 is 1.52 bits per heavy atom. The Bertz CT molecular complexity index is 932. The summed E-state index contributed by atoms with van der Waals surface area (Å²) in [6.07, 6.45) is 4.96. The van der Waals surface area contributed by atoms with Gasteiger partial charge in [-0.25, -0.2) is 18.4 Å². The molecule has 0 radical (unpaired) electrons. The van der Waals surface area contributed by atoms with E-state index in [0.29, 0.717) is 23.1 Å². The first kappa shape index (κ1) is 19.9. The summed E-state index contributed by atoms with van der Waals surface area (Å²) in [5, 5.41) is 0.521. The van der Waals surface area contributed by atoms with E-state index in [1.807, 2.05) is 0 Å². The quantitative estimate of drug-likeness (QED) is 0.381. The van der Waals surface area contributed by atoms with Crippen LogP contribution in [0.4, 0.5) is 0 Å². The van der Waals surface area contributed by atoms with Gasteiger partial charge < -0.3 is 9.32 Å². The summed E-state index contributed by atoms with van der Waals surface area (Å²) >= 11 is 7.50. The molecule has 10 heteroatoms. The topological polar surface area (TPSA) is 93.4 Å². The predicted octanol–water partition coefficient (Wildman–Crippen LogP) is 2.83. The number of halogens is 1. The van der Waals surface area contributed by atoms with Gasteiger partial charge in [-0.15, -0.1) is 6.58 Å². The van der Waals surface area contributed by atoms with Crippen molar-refractivity contribution < 1.29 is 17.6 Å². The van der Waals surface area contributed by atoms with E-state index in [2.05, 4.69) is 16.5 Å². The molecule has 0 N–H and O–H groups in total. The summed E-state index contributed by atoms with van der Waals surface area (Å²) in [4.78, 5) is 23.0. The highest BCUT2D eigenvalue weighted by atomic mass is 35.5. The molecule has 0 aliphatic carbocycles. The lowest BCUT2D eigenvalue weighted by molar-refractivity contribution is 0.0659. The van der Waals surface area contributed by atoms with E-state index in [1.165, 1.54) is 29.1 Å². The van der Waals surface area contributed by atoms with Crippen molar-refractivity contribution in [2.24, 2.45) is 0 Å². The van der Waals surface area contributed by atoms with E-state index in [0.717, 1.165) is 0 Å². The maximum atomic E-state index is 13.2. The molecule has 0 unspecified atom stereocenters. The zero-order chi connectivity index (χ0) is 19.4. The third-order valence-electron chi connectivity index (χ3n) is 4.07. The molecule has 1 saturated heterocycles. The lowest BCUT2D eigenvalue weighted by atomic mass is 10.2. The summed E-state index contributed by atoms with van der Waals surface area (Å²) in [5.41, 5.74) is 0.0501. The Morgan fingerprint density at radius 2 is 2.33 bits per heavy atom. The lowest BCUT2D eigenvalue weighted by Gasteiger charge is -2.27. The number of carbonyl (C=O) groups is 1. The largest absolute Gasteiger partial charge is 0.467 e. The highest BCUT2D eigenvalue weighted by Gasteiger charge is 2.36. The summed E-state index contributed by atoms with van der Waals surface area (Å²) in [7, 11) is -3.17. The summed E-state index contributed by atoms with van der Waals surface area (Å²) < 4.78 is 29.2. The third kappa shape index (κ3) is 4.91. The Morgan fingerprint density at radius 3 is 2.96 bits per heavy atom. The van der Waals surface area contributed by atoms with Gasteiger partial charge in [-0.05, 0) is 18.6 Å². The van der Waals surface area contributed by atoms with Crippen LogP contribution in [0.15, 0.2) is 46.8 Å². The molecule has 3 heterocycles. The van der Waals surface area contributed by atoms with Gasteiger partial charge in [-0.3, -0.25) is 4.79 Å². The Labute approximate surface area is 166 Å². The van der Waals surface area contributed by atoms with Gasteiger partial charge in [0.1, 0.15) is 5.76 Å². The van der Waals surface area contributed by atoms with Crippen LogP contribution in [0.1, 0.15) is 22.7 Å². The van der Waals surface area contributed by atoms with Crippen LogP contribution in [0.3, 0.4) is 0 Å². The van der Waals surface area contributed by atoms with Crippen LogP contribution < -0.4 is 0 Å². The SMILES string of the molecule is C=CCSc1ncc(Cl)c(C(=O)N(Cc2ccco2)[C@@H]2CCS(=O)(=O)C2)n1. The molecular weight excluding hydrogens is 410 g/mol. The van der Waals surface area contributed by atoms with E-state index >= 15 is 0 Å². The van der Waals surface area contributed by atoms with Gasteiger partial charge in [-0.2, -0.15) is 0 Å². The smallest absolute Gasteiger partial charge is 0.274 e. The minimum absolute atomic E-state index is 0.0501. The standard InChI is InChI=1S/C17H18ClN3O4S2/c1-2-7-26-17-19-9-14(18)15(20-17)16(22)21(10-13-4-3-6-25-13)12-5-8-27(23,24)11-12/h2-4,6,9,12H,1,5,7-8,10-11H2/t12-/m1/s1. The fourth-order valence-corrected chi connectivity index (χ4v) is 5.25. The van der Waals surface area contributed by atoms with Crippen molar-refractivity contribution in [3.63, 3.8) is 0 Å². The average Bonchev–Trinajstić information content (AvgIpc) is 3.27. The van der Waals surface area contributed by atoms with E-state index < -0.39 is 21.8 Å². The number of hydrogen-bond donors (Lipinski definition) is 0. The Kier molecular flexibility index (Phi) is 6.23. The van der Waals surface area contributed by atoms with Crippen LogP contribution in [-0.4, -0.2) is 52.5 Å². The number of nitrogens with zero attached hydrogens (tertiary/aromatic N) is 3. The number of hydrogen-bond acceptors (Lipinski definition) is 7. The zero-order valence-electron chi connectivity index (χ0n) is 14.4. The second-order valence-electron chi connectivity index (χ2n) is 6.02. The van der Waals surface area contributed by atoms with Crippen molar-refractivity contribution in [3.05, 3.63) is 53.7 Å². The van der Waals surface area contributed by atoms with Crippen LogP contribution in [0, 0.1) is 0 Å². The third-order valence-corrected chi connectivity index (χ3v) is 6.96. The molecule has 144 valence electrons. The van der Waals surface area contributed by atoms with E-state index in [1.54, 1.807) is 18.2 Å². The van der Waals surface area contributed by atoms with Gasteiger partial charge in [0.15, 0.2) is 20.7 Å². The molecule has 0 bridgehead atoms. The molecule has 1 aliphatic heterocycles. The molecule has 3 rings (SSSR count). The molecule has 0 spiro atoms. The predicted molar refractivity (Wildman–Crippen MR) is 104 cm³/mol. The second-order valence-corrected chi connectivity index (χ2v) is 9.64. The summed E-state index contributed by atoms with van der Waals surface area (Å²) in [6.45, 7) is 3.78. The van der Waals surface area contributed by atoms with E-state index in [-0.39, 0.29) is 28.8 Å². The van der Waals surface area contributed by atoms with Crippen molar-refractivity contribution in [2.45, 2.75) is 24.2 Å². The maximum absolute atomic E-state index is 13.2. The molecule has 1 amide bonds. The van der Waals surface area contributed by atoms with Crippen LogP contribution in [-0.2, 0) is 16.4 Å². The molecule has 1 aliphatic rings. The van der Waals surface area contributed by atoms with Crippen molar-refractivity contribution in [3.8, 4) is 0 Å². The van der Waals surface area contributed by atoms with Crippen LogP contribution >= 0.6 is 23.4 Å². The molecule has 1 fully saturated rings. The molecule has 1 atom stereocenters. The fraction of sp³-hybridized carbons (Fsp3) is 0.353. The maximum Gasteiger partial charge on any atom is 0.274 e. The van der Waals surface area contributed by atoms with Gasteiger partial charge in [0, 0.05) is 11.8 Å². The molecule has 7 nitrogen and oxygen atoms in total. The molecule has 0 saturated carbocycles. The average molecular weight is 428 g/mol. The van der Waals surface area contributed by atoms with Crippen molar-refractivity contribution in [1.82, 2.24) is 14.9 Å². The van der Waals surface area contributed by atoms with Gasteiger partial charge in [-0.1, -0.05) is 29.4 Å². The van der Waals surface area contributed by atoms with E-state index in [4.69, 9.17) is 16.0 Å². The van der Waals surface area contributed by atoms with Crippen molar-refractivity contribution in [2.75, 3.05) is 17.3 Å². The normalized spacial score (nSPS) is 18.3. The minimum Gasteiger partial charge on any atom is -0.467 e. The Hall–Kier alpha value is -1.84. The molecule has 0 aromatic carbocycles. The number of aromatic nitrogens is 2. The minimum atomic E-state index is -3.17. The summed E-state index contributed by atoms with van der Waals surface area (Å²) in [6, 6.07) is 2.99. The van der Waals surface area contributed by atoms with Crippen LogP contribution in [0.25, 0.3) is 0 Å². The van der Waals surface area contributed by atoms with Gasteiger partial charge in [0.2, 0.25) is 0 Å². The number of thioether (sulfide) groups is 1. The van der Waals surface area contributed by atoms with E-state index in [9.17, 15) is 13.2 Å². The molecular formula is C17H18ClN3O4S2. The molecule has 2 aromatic rings. The second kappa shape index (κ2) is 8.45. The van der Waals surface area contributed by atoms with Crippen molar-refractivity contribution in [1.29, 1.82) is 0 Å². The zero-order valence-corrected chi connectivity index (χ0v) is 16.8. The lowest BCUT2D eigenvalue weighted by Crippen LogP contribution is -2.41. The number of sulfone groups is 1. The highest BCUT2D eigenvalue weighted by Crippen LogP contribution is 2.25. The molecule has 2 aromatic heterocycles. The van der Waals surface area contributed by atoms with Crippen LogP contribution in [0.5, 0.6) is 0 Å². The first-order chi connectivity index (χ1) is 12.9. The number of rotatable bonds is 7. The number of carbonyl (C=O) groups excluding carboxylic acids is 1. The van der Waals surface area contributed by atoms with Gasteiger partial charge >= 0.3 is 0 Å². The first-order valence-corrected chi connectivity index (χ1v) is 11.4. The van der Waals surface area contributed by atoms with Gasteiger partial charge in [0.05, 0.1) is 35.5 Å². The summed E-state index contributed by atoms with van der Waals surface area (Å²) in [5.74, 6) is 0.671. The molecule has 27 heavy (non-hydrogen) atoms. The fourth-order valence-electron chi connectivity index (χ4n) is 2.80. The number of amides is 1. The first-order valence-electron chi connectivity index (χ1n) is 8.19. The highest BCUT2D eigenvalue weighted by molar-refractivity contribution is 7.99. The monoisotopic (exact) mass is 427 g/mol. The van der Waals surface area contributed by atoms with Crippen molar-refractivity contribution >= 4 is 39.1 Å². The van der Waals surface area contributed by atoms with Gasteiger partial charge in [0.25, 0.3) is 5.91 Å². The Balaban J connectivity index is 1.91. The number of furan rings is 1. The van der Waals surface area contributed by atoms with Crippen LogP contribution in [0.2, 0.25) is 5.02 Å².